The first kappa shape index (κ1) is 10.8. The lowest BCUT2D eigenvalue weighted by atomic mass is 10.0. The first-order valence-electron chi connectivity index (χ1n) is 4.87. The number of ether oxygens (including phenoxy) is 1. The van der Waals surface area contributed by atoms with Crippen molar-refractivity contribution in [3.05, 3.63) is 42.5 Å². The maximum Gasteiger partial charge on any atom is 0.119 e. The largest absolute Gasteiger partial charge is 0.494 e. The van der Waals surface area contributed by atoms with Crippen molar-refractivity contribution in [2.75, 3.05) is 6.61 Å². The zero-order valence-corrected chi connectivity index (χ0v) is 8.57. The zero-order valence-electron chi connectivity index (χ0n) is 8.57. The third kappa shape index (κ3) is 2.89. The van der Waals surface area contributed by atoms with Crippen LogP contribution in [0.3, 0.4) is 0 Å². The van der Waals surface area contributed by atoms with Crippen LogP contribution in [-0.2, 0) is 0 Å². The number of hydrogen-bond donors (Lipinski definition) is 1. The lowest BCUT2D eigenvalue weighted by molar-refractivity contribution is 0.339. The molecule has 0 aliphatic heterocycles. The van der Waals surface area contributed by atoms with Gasteiger partial charge < -0.3 is 10.5 Å². The van der Waals surface area contributed by atoms with E-state index in [0.717, 1.165) is 17.7 Å². The molecule has 14 heavy (non-hydrogen) atoms. The summed E-state index contributed by atoms with van der Waals surface area (Å²) in [6.07, 6.45) is 2.62. The van der Waals surface area contributed by atoms with E-state index in [4.69, 9.17) is 10.5 Å². The van der Waals surface area contributed by atoms with E-state index in [1.807, 2.05) is 37.3 Å². The third-order valence-corrected chi connectivity index (χ3v) is 2.02. The number of benzene rings is 1. The molecule has 2 heteroatoms. The molecule has 1 aromatic carbocycles. The molecule has 1 unspecified atom stereocenters. The Balaban J connectivity index is 2.76. The quantitative estimate of drug-likeness (QED) is 0.726. The van der Waals surface area contributed by atoms with Gasteiger partial charge in [0, 0.05) is 6.04 Å². The van der Waals surface area contributed by atoms with Gasteiger partial charge in [0.25, 0.3) is 0 Å². The molecule has 0 heterocycles. The molecular formula is C12H17NO. The molecule has 0 aliphatic carbocycles. The number of hydrogen-bond acceptors (Lipinski definition) is 2. The molecule has 1 aromatic rings. The third-order valence-electron chi connectivity index (χ3n) is 2.02. The van der Waals surface area contributed by atoms with Gasteiger partial charge >= 0.3 is 0 Å². The molecule has 0 aromatic heterocycles. The van der Waals surface area contributed by atoms with Crippen molar-refractivity contribution in [1.29, 1.82) is 0 Å². The molecule has 0 saturated carbocycles. The summed E-state index contributed by atoms with van der Waals surface area (Å²) in [4.78, 5) is 0. The predicted molar refractivity (Wildman–Crippen MR) is 59.4 cm³/mol. The molecular weight excluding hydrogens is 174 g/mol. The van der Waals surface area contributed by atoms with Gasteiger partial charge in [0.1, 0.15) is 5.75 Å². The van der Waals surface area contributed by atoms with Crippen molar-refractivity contribution < 1.29 is 4.74 Å². The Kier molecular flexibility index (Phi) is 4.20. The lowest BCUT2D eigenvalue weighted by Gasteiger charge is -2.11. The van der Waals surface area contributed by atoms with E-state index in [1.165, 1.54) is 0 Å². The van der Waals surface area contributed by atoms with Gasteiger partial charge in [-0.3, -0.25) is 0 Å². The van der Waals surface area contributed by atoms with E-state index in [2.05, 4.69) is 6.58 Å². The van der Waals surface area contributed by atoms with Crippen LogP contribution in [0.15, 0.2) is 36.9 Å². The highest BCUT2D eigenvalue weighted by Gasteiger charge is 2.04. The highest BCUT2D eigenvalue weighted by atomic mass is 16.5. The topological polar surface area (TPSA) is 35.2 Å². The molecule has 1 atom stereocenters. The van der Waals surface area contributed by atoms with Crippen molar-refractivity contribution in [2.45, 2.75) is 19.4 Å². The van der Waals surface area contributed by atoms with Crippen molar-refractivity contribution >= 4 is 0 Å². The van der Waals surface area contributed by atoms with E-state index in [-0.39, 0.29) is 6.04 Å². The summed E-state index contributed by atoms with van der Waals surface area (Å²) in [5, 5.41) is 0. The van der Waals surface area contributed by atoms with Gasteiger partial charge in [-0.15, -0.1) is 6.58 Å². The normalized spacial score (nSPS) is 12.1. The summed E-state index contributed by atoms with van der Waals surface area (Å²) < 4.78 is 5.39. The summed E-state index contributed by atoms with van der Waals surface area (Å²) in [7, 11) is 0. The predicted octanol–water partition coefficient (Wildman–Crippen LogP) is 2.66. The molecule has 2 N–H and O–H groups in total. The van der Waals surface area contributed by atoms with E-state index < -0.39 is 0 Å². The average Bonchev–Trinajstić information content (AvgIpc) is 2.19. The fourth-order valence-corrected chi connectivity index (χ4v) is 1.32. The van der Waals surface area contributed by atoms with Crippen LogP contribution in [0, 0.1) is 0 Å². The van der Waals surface area contributed by atoms with Crippen LogP contribution in [0.25, 0.3) is 0 Å². The molecule has 0 bridgehead atoms. The summed E-state index contributed by atoms with van der Waals surface area (Å²) in [6.45, 7) is 6.32. The van der Waals surface area contributed by atoms with Crippen molar-refractivity contribution in [3.63, 3.8) is 0 Å². The van der Waals surface area contributed by atoms with Crippen LogP contribution >= 0.6 is 0 Å². The van der Waals surface area contributed by atoms with Crippen LogP contribution in [0.5, 0.6) is 5.75 Å². The molecule has 0 aliphatic rings. The average molecular weight is 191 g/mol. The lowest BCUT2D eigenvalue weighted by Crippen LogP contribution is -2.09. The fraction of sp³-hybridized carbons (Fsp3) is 0.333. The van der Waals surface area contributed by atoms with Crippen LogP contribution in [0.2, 0.25) is 0 Å². The number of rotatable bonds is 5. The molecule has 76 valence electrons. The van der Waals surface area contributed by atoms with Crippen molar-refractivity contribution in [2.24, 2.45) is 5.73 Å². The Labute approximate surface area is 85.4 Å². The van der Waals surface area contributed by atoms with Crippen LogP contribution < -0.4 is 10.5 Å². The van der Waals surface area contributed by atoms with E-state index in [1.54, 1.807) is 0 Å². The SMILES string of the molecule is C=CCC(N)c1cccc(OCC)c1. The number of nitrogens with two attached hydrogens (primary N) is 1. The highest BCUT2D eigenvalue weighted by molar-refractivity contribution is 5.30. The smallest absolute Gasteiger partial charge is 0.119 e. The molecule has 0 spiro atoms. The minimum absolute atomic E-state index is 0.0212. The van der Waals surface area contributed by atoms with E-state index in [0.29, 0.717) is 6.61 Å². The summed E-state index contributed by atoms with van der Waals surface area (Å²) in [5.74, 6) is 0.879. The van der Waals surface area contributed by atoms with E-state index >= 15 is 0 Å². The molecule has 0 saturated heterocycles. The van der Waals surface area contributed by atoms with Gasteiger partial charge in [0.05, 0.1) is 6.61 Å². The monoisotopic (exact) mass is 191 g/mol. The standard InChI is InChI=1S/C12H17NO/c1-3-6-12(13)10-7-5-8-11(9-10)14-4-2/h3,5,7-9,12H,1,4,6,13H2,2H3. The maximum absolute atomic E-state index is 5.94. The van der Waals surface area contributed by atoms with Gasteiger partial charge in [0.15, 0.2) is 0 Å². The molecule has 2 nitrogen and oxygen atoms in total. The second-order valence-electron chi connectivity index (χ2n) is 3.14. The fourth-order valence-electron chi connectivity index (χ4n) is 1.32. The minimum Gasteiger partial charge on any atom is -0.494 e. The summed E-state index contributed by atoms with van der Waals surface area (Å²) >= 11 is 0. The van der Waals surface area contributed by atoms with Gasteiger partial charge in [-0.2, -0.15) is 0 Å². The molecule has 0 radical (unpaired) electrons. The van der Waals surface area contributed by atoms with Crippen molar-refractivity contribution in [1.82, 2.24) is 0 Å². The van der Waals surface area contributed by atoms with Crippen LogP contribution in [0.1, 0.15) is 24.9 Å². The Bertz CT molecular complexity index is 296. The Morgan fingerprint density at radius 2 is 2.36 bits per heavy atom. The van der Waals surface area contributed by atoms with E-state index in [9.17, 15) is 0 Å². The van der Waals surface area contributed by atoms with Crippen LogP contribution in [-0.4, -0.2) is 6.61 Å². The second kappa shape index (κ2) is 5.45. The zero-order chi connectivity index (χ0) is 10.4. The molecule has 0 fully saturated rings. The first-order valence-corrected chi connectivity index (χ1v) is 4.87. The Morgan fingerprint density at radius 3 is 3.00 bits per heavy atom. The Hall–Kier alpha value is -1.28. The van der Waals surface area contributed by atoms with Crippen LogP contribution in [0.4, 0.5) is 0 Å². The highest BCUT2D eigenvalue weighted by Crippen LogP contribution is 2.19. The first-order chi connectivity index (χ1) is 6.77. The Morgan fingerprint density at radius 1 is 1.57 bits per heavy atom. The van der Waals surface area contributed by atoms with Gasteiger partial charge in [-0.05, 0) is 31.0 Å². The minimum atomic E-state index is 0.0212. The van der Waals surface area contributed by atoms with Gasteiger partial charge in [-0.1, -0.05) is 18.2 Å². The second-order valence-corrected chi connectivity index (χ2v) is 3.14. The van der Waals surface area contributed by atoms with Gasteiger partial charge in [-0.25, -0.2) is 0 Å². The van der Waals surface area contributed by atoms with Gasteiger partial charge in [0.2, 0.25) is 0 Å². The summed E-state index contributed by atoms with van der Waals surface area (Å²) in [5.41, 5.74) is 7.04. The maximum atomic E-state index is 5.94. The molecule has 0 amide bonds. The van der Waals surface area contributed by atoms with Crippen molar-refractivity contribution in [3.8, 4) is 5.75 Å². The summed E-state index contributed by atoms with van der Waals surface area (Å²) in [6, 6.07) is 7.92. The molecule has 1 rings (SSSR count).